The molecule has 0 unspecified atom stereocenters. The van der Waals surface area contributed by atoms with Crippen molar-refractivity contribution in [2.75, 3.05) is 13.1 Å². The molecule has 2 rings (SSSR count). The van der Waals surface area contributed by atoms with Crippen molar-refractivity contribution in [2.45, 2.75) is 57.3 Å². The van der Waals surface area contributed by atoms with Gasteiger partial charge in [-0.15, -0.1) is 10.2 Å². The number of aromatic nitrogens is 2. The Morgan fingerprint density at radius 2 is 2.05 bits per heavy atom. The van der Waals surface area contributed by atoms with E-state index >= 15 is 0 Å². The molecule has 1 aliphatic carbocycles. The topological polar surface area (TPSA) is 51.0 Å². The van der Waals surface area contributed by atoms with Crippen LogP contribution in [0.25, 0.3) is 0 Å². The minimum atomic E-state index is -2.51. The fourth-order valence-corrected chi connectivity index (χ4v) is 2.36. The van der Waals surface area contributed by atoms with Gasteiger partial charge in [-0.25, -0.2) is 8.78 Å². The highest BCUT2D eigenvalue weighted by Gasteiger charge is 2.37. The molecular weight excluding hydrogens is 252 g/mol. The van der Waals surface area contributed by atoms with Crippen molar-refractivity contribution in [1.82, 2.24) is 15.5 Å². The lowest BCUT2D eigenvalue weighted by atomic mass is 9.87. The van der Waals surface area contributed by atoms with E-state index in [0.29, 0.717) is 24.6 Å². The first-order valence-corrected chi connectivity index (χ1v) is 7.01. The predicted molar refractivity (Wildman–Crippen MR) is 67.3 cm³/mol. The second kappa shape index (κ2) is 6.41. The van der Waals surface area contributed by atoms with Gasteiger partial charge in [-0.05, 0) is 32.4 Å². The Kier molecular flexibility index (Phi) is 4.85. The van der Waals surface area contributed by atoms with Crippen LogP contribution in [-0.4, -0.2) is 29.2 Å². The van der Waals surface area contributed by atoms with E-state index in [-0.39, 0.29) is 18.8 Å². The number of nitrogens with zero attached hydrogens (tertiary/aromatic N) is 2. The minimum Gasteiger partial charge on any atom is -0.425 e. The highest BCUT2D eigenvalue weighted by Crippen LogP contribution is 2.40. The fourth-order valence-electron chi connectivity index (χ4n) is 2.36. The predicted octanol–water partition coefficient (Wildman–Crippen LogP) is 2.90. The first-order valence-electron chi connectivity index (χ1n) is 7.01. The van der Waals surface area contributed by atoms with Crippen molar-refractivity contribution < 1.29 is 13.2 Å². The number of alkyl halides is 2. The summed E-state index contributed by atoms with van der Waals surface area (Å²) in [4.78, 5) is 0. The van der Waals surface area contributed by atoms with Gasteiger partial charge in [-0.2, -0.15) is 0 Å². The van der Waals surface area contributed by atoms with E-state index in [1.165, 1.54) is 0 Å². The van der Waals surface area contributed by atoms with Gasteiger partial charge < -0.3 is 9.73 Å². The SMILES string of the molecule is CCNCCCc1nnc(C2CCC(F)(F)CC2)o1. The molecule has 0 bridgehead atoms. The average molecular weight is 273 g/mol. The van der Waals surface area contributed by atoms with Crippen LogP contribution in [-0.2, 0) is 6.42 Å². The maximum atomic E-state index is 13.1. The first kappa shape index (κ1) is 14.4. The van der Waals surface area contributed by atoms with E-state index in [9.17, 15) is 8.78 Å². The molecule has 1 heterocycles. The highest BCUT2D eigenvalue weighted by atomic mass is 19.3. The Bertz CT molecular complexity index is 385. The largest absolute Gasteiger partial charge is 0.425 e. The van der Waals surface area contributed by atoms with Crippen molar-refractivity contribution in [2.24, 2.45) is 0 Å². The molecule has 1 aromatic rings. The summed E-state index contributed by atoms with van der Waals surface area (Å²) < 4.78 is 31.7. The maximum absolute atomic E-state index is 13.1. The van der Waals surface area contributed by atoms with Gasteiger partial charge in [-0.1, -0.05) is 6.92 Å². The summed E-state index contributed by atoms with van der Waals surface area (Å²) >= 11 is 0. The summed E-state index contributed by atoms with van der Waals surface area (Å²) in [5, 5.41) is 11.2. The fraction of sp³-hybridized carbons (Fsp3) is 0.846. The lowest BCUT2D eigenvalue weighted by Gasteiger charge is -2.25. The van der Waals surface area contributed by atoms with Crippen LogP contribution in [0.5, 0.6) is 0 Å². The van der Waals surface area contributed by atoms with Gasteiger partial charge in [0.1, 0.15) is 0 Å². The van der Waals surface area contributed by atoms with Crippen LogP contribution in [0, 0.1) is 0 Å². The van der Waals surface area contributed by atoms with Gasteiger partial charge >= 0.3 is 0 Å². The molecular formula is C13H21F2N3O. The van der Waals surface area contributed by atoms with E-state index in [0.717, 1.165) is 25.9 Å². The second-order valence-corrected chi connectivity index (χ2v) is 5.12. The van der Waals surface area contributed by atoms with Crippen molar-refractivity contribution in [3.63, 3.8) is 0 Å². The number of hydrogen-bond donors (Lipinski definition) is 1. The molecule has 0 radical (unpaired) electrons. The third-order valence-electron chi connectivity index (χ3n) is 3.54. The molecule has 0 spiro atoms. The van der Waals surface area contributed by atoms with Gasteiger partial charge in [0.05, 0.1) is 0 Å². The van der Waals surface area contributed by atoms with E-state index < -0.39 is 5.92 Å². The monoisotopic (exact) mass is 273 g/mol. The molecule has 0 atom stereocenters. The van der Waals surface area contributed by atoms with E-state index in [2.05, 4.69) is 22.4 Å². The van der Waals surface area contributed by atoms with E-state index in [1.807, 2.05) is 0 Å². The molecule has 1 fully saturated rings. The maximum Gasteiger partial charge on any atom is 0.248 e. The minimum absolute atomic E-state index is 0.00893. The molecule has 1 saturated carbocycles. The first-order chi connectivity index (χ1) is 9.11. The molecule has 1 N–H and O–H groups in total. The zero-order chi connectivity index (χ0) is 13.7. The molecule has 1 aliphatic rings. The van der Waals surface area contributed by atoms with Gasteiger partial charge in [-0.3, -0.25) is 0 Å². The standard InChI is InChI=1S/C13H21F2N3O/c1-2-16-9-3-4-11-17-18-12(19-11)10-5-7-13(14,15)8-6-10/h10,16H,2-9H2,1H3. The molecule has 0 amide bonds. The molecule has 0 saturated heterocycles. The third kappa shape index (κ3) is 4.23. The Labute approximate surface area is 112 Å². The van der Waals surface area contributed by atoms with Gasteiger partial charge in [0.15, 0.2) is 0 Å². The Hall–Kier alpha value is -1.04. The van der Waals surface area contributed by atoms with Crippen molar-refractivity contribution in [3.05, 3.63) is 11.8 Å². The zero-order valence-corrected chi connectivity index (χ0v) is 11.3. The van der Waals surface area contributed by atoms with Gasteiger partial charge in [0.2, 0.25) is 17.7 Å². The number of hydrogen-bond acceptors (Lipinski definition) is 4. The van der Waals surface area contributed by atoms with Crippen LogP contribution in [0.4, 0.5) is 8.78 Å². The Morgan fingerprint density at radius 3 is 2.74 bits per heavy atom. The number of aryl methyl sites for hydroxylation is 1. The van der Waals surface area contributed by atoms with E-state index in [4.69, 9.17) is 4.42 Å². The van der Waals surface area contributed by atoms with Crippen LogP contribution in [0.15, 0.2) is 4.42 Å². The zero-order valence-electron chi connectivity index (χ0n) is 11.3. The van der Waals surface area contributed by atoms with E-state index in [1.54, 1.807) is 0 Å². The summed E-state index contributed by atoms with van der Waals surface area (Å²) in [6.07, 6.45) is 2.41. The molecule has 0 aromatic carbocycles. The van der Waals surface area contributed by atoms with Crippen molar-refractivity contribution in [1.29, 1.82) is 0 Å². The normalized spacial score (nSPS) is 19.7. The molecule has 6 heteroatoms. The lowest BCUT2D eigenvalue weighted by molar-refractivity contribution is -0.0399. The summed E-state index contributed by atoms with van der Waals surface area (Å²) in [7, 11) is 0. The summed E-state index contributed by atoms with van der Waals surface area (Å²) in [6, 6.07) is 0. The van der Waals surface area contributed by atoms with Crippen LogP contribution < -0.4 is 5.32 Å². The quantitative estimate of drug-likeness (QED) is 0.810. The molecule has 1 aromatic heterocycles. The van der Waals surface area contributed by atoms with Gasteiger partial charge in [0.25, 0.3) is 0 Å². The smallest absolute Gasteiger partial charge is 0.248 e. The van der Waals surface area contributed by atoms with Crippen LogP contribution in [0.2, 0.25) is 0 Å². The average Bonchev–Trinajstić information content (AvgIpc) is 2.83. The molecule has 108 valence electrons. The van der Waals surface area contributed by atoms with Crippen LogP contribution in [0.1, 0.15) is 56.7 Å². The number of halogens is 2. The van der Waals surface area contributed by atoms with Crippen molar-refractivity contribution in [3.8, 4) is 0 Å². The Balaban J connectivity index is 1.80. The number of nitrogens with one attached hydrogen (secondary N) is 1. The third-order valence-corrected chi connectivity index (χ3v) is 3.54. The lowest BCUT2D eigenvalue weighted by Crippen LogP contribution is -2.23. The molecule has 4 nitrogen and oxygen atoms in total. The molecule has 0 aliphatic heterocycles. The number of rotatable bonds is 6. The molecule has 19 heavy (non-hydrogen) atoms. The summed E-state index contributed by atoms with van der Waals surface area (Å²) in [6.45, 7) is 3.93. The summed E-state index contributed by atoms with van der Waals surface area (Å²) in [5.41, 5.74) is 0. The van der Waals surface area contributed by atoms with Crippen molar-refractivity contribution >= 4 is 0 Å². The highest BCUT2D eigenvalue weighted by molar-refractivity contribution is 4.96. The van der Waals surface area contributed by atoms with Crippen LogP contribution in [0.3, 0.4) is 0 Å². The van der Waals surface area contributed by atoms with Gasteiger partial charge in [0, 0.05) is 25.2 Å². The second-order valence-electron chi connectivity index (χ2n) is 5.12. The van der Waals surface area contributed by atoms with Crippen LogP contribution >= 0.6 is 0 Å². The summed E-state index contributed by atoms with van der Waals surface area (Å²) in [5.74, 6) is -1.35. The Morgan fingerprint density at radius 1 is 1.32 bits per heavy atom.